The van der Waals surface area contributed by atoms with Crippen molar-refractivity contribution < 1.29 is 4.79 Å². The second kappa shape index (κ2) is 5.73. The van der Waals surface area contributed by atoms with Gasteiger partial charge in [-0.3, -0.25) is 10.1 Å². The maximum Gasteiger partial charge on any atom is 0.257 e. The molecule has 0 spiro atoms. The Labute approximate surface area is 123 Å². The smallest absolute Gasteiger partial charge is 0.257 e. The van der Waals surface area contributed by atoms with E-state index in [0.717, 1.165) is 11.3 Å². The fraction of sp³-hybridized carbons (Fsp3) is 0.333. The van der Waals surface area contributed by atoms with E-state index in [1.807, 2.05) is 23.6 Å². The number of thiazole rings is 1. The summed E-state index contributed by atoms with van der Waals surface area (Å²) >= 11 is 1.44. The van der Waals surface area contributed by atoms with Gasteiger partial charge in [0.15, 0.2) is 5.13 Å². The molecule has 1 heterocycles. The van der Waals surface area contributed by atoms with Gasteiger partial charge in [0.2, 0.25) is 0 Å². The number of anilines is 1. The molecule has 2 rings (SSSR count). The van der Waals surface area contributed by atoms with Gasteiger partial charge in [-0.2, -0.15) is 0 Å². The van der Waals surface area contributed by atoms with Crippen LogP contribution in [0.5, 0.6) is 0 Å². The van der Waals surface area contributed by atoms with Gasteiger partial charge in [0.25, 0.3) is 5.91 Å². The van der Waals surface area contributed by atoms with E-state index in [9.17, 15) is 4.79 Å². The van der Waals surface area contributed by atoms with Crippen molar-refractivity contribution in [2.24, 2.45) is 5.73 Å². The van der Waals surface area contributed by atoms with Crippen LogP contribution in [-0.4, -0.2) is 10.9 Å². The Morgan fingerprint density at radius 1 is 1.35 bits per heavy atom. The van der Waals surface area contributed by atoms with E-state index < -0.39 is 0 Å². The van der Waals surface area contributed by atoms with Crippen LogP contribution in [0.2, 0.25) is 0 Å². The molecule has 1 aromatic heterocycles. The minimum Gasteiger partial charge on any atom is -0.326 e. The summed E-state index contributed by atoms with van der Waals surface area (Å²) in [4.78, 5) is 16.7. The first-order valence-electron chi connectivity index (χ1n) is 6.47. The fourth-order valence-electron chi connectivity index (χ4n) is 1.76. The number of carbonyl (C=O) groups excluding carboxylic acids is 1. The molecule has 0 aliphatic heterocycles. The fourth-order valence-corrected chi connectivity index (χ4v) is 2.69. The van der Waals surface area contributed by atoms with E-state index in [1.165, 1.54) is 11.3 Å². The third-order valence-corrected chi connectivity index (χ3v) is 3.73. The number of carbonyl (C=O) groups is 1. The lowest BCUT2D eigenvalue weighted by atomic mass is 9.93. The Bertz CT molecular complexity index is 614. The Morgan fingerprint density at radius 3 is 2.65 bits per heavy atom. The summed E-state index contributed by atoms with van der Waals surface area (Å²) in [5, 5.41) is 5.43. The average Bonchev–Trinajstić information content (AvgIpc) is 2.87. The van der Waals surface area contributed by atoms with E-state index in [-0.39, 0.29) is 11.3 Å². The van der Waals surface area contributed by atoms with E-state index in [4.69, 9.17) is 5.73 Å². The standard InChI is InChI=1S/C15H19N3OS/c1-15(2,3)12-9-20-14(17-12)18-13(19)11-7-5-4-6-10(11)8-16/h4-7,9H,8,16H2,1-3H3,(H,17,18,19). The predicted octanol–water partition coefficient (Wildman–Crippen LogP) is 3.15. The molecule has 0 unspecified atom stereocenters. The van der Waals surface area contributed by atoms with Crippen molar-refractivity contribution in [2.45, 2.75) is 32.7 Å². The van der Waals surface area contributed by atoms with Crippen LogP contribution in [0.25, 0.3) is 0 Å². The molecule has 5 heteroatoms. The normalized spacial score (nSPS) is 11.4. The number of nitrogens with two attached hydrogens (primary N) is 1. The van der Waals surface area contributed by atoms with Crippen LogP contribution >= 0.6 is 11.3 Å². The highest BCUT2D eigenvalue weighted by molar-refractivity contribution is 7.14. The van der Waals surface area contributed by atoms with Crippen LogP contribution in [0.15, 0.2) is 29.6 Å². The second-order valence-corrected chi connectivity index (χ2v) is 6.46. The molecule has 0 radical (unpaired) electrons. The molecule has 2 aromatic rings. The van der Waals surface area contributed by atoms with Crippen molar-refractivity contribution in [3.05, 3.63) is 46.5 Å². The third-order valence-electron chi connectivity index (χ3n) is 2.97. The van der Waals surface area contributed by atoms with Gasteiger partial charge in [-0.1, -0.05) is 39.0 Å². The Morgan fingerprint density at radius 2 is 2.05 bits per heavy atom. The SMILES string of the molecule is CC(C)(C)c1csc(NC(=O)c2ccccc2CN)n1. The van der Waals surface area contributed by atoms with Crippen molar-refractivity contribution in [3.63, 3.8) is 0 Å². The number of nitrogens with one attached hydrogen (secondary N) is 1. The first-order chi connectivity index (χ1) is 9.41. The van der Waals surface area contributed by atoms with E-state index in [1.54, 1.807) is 6.07 Å². The summed E-state index contributed by atoms with van der Waals surface area (Å²) in [6.45, 7) is 6.63. The molecule has 0 aliphatic carbocycles. The summed E-state index contributed by atoms with van der Waals surface area (Å²) in [6.07, 6.45) is 0. The van der Waals surface area contributed by atoms with E-state index >= 15 is 0 Å². The van der Waals surface area contributed by atoms with Crippen molar-refractivity contribution >= 4 is 22.4 Å². The molecule has 3 N–H and O–H groups in total. The molecule has 1 aromatic carbocycles. The topological polar surface area (TPSA) is 68.0 Å². The highest BCUT2D eigenvalue weighted by atomic mass is 32.1. The highest BCUT2D eigenvalue weighted by Crippen LogP contribution is 2.26. The van der Waals surface area contributed by atoms with Crippen LogP contribution in [-0.2, 0) is 12.0 Å². The van der Waals surface area contributed by atoms with Gasteiger partial charge < -0.3 is 5.73 Å². The lowest BCUT2D eigenvalue weighted by Crippen LogP contribution is -2.16. The molecule has 1 amide bonds. The van der Waals surface area contributed by atoms with Crippen molar-refractivity contribution in [1.82, 2.24) is 4.98 Å². The van der Waals surface area contributed by atoms with Gasteiger partial charge in [-0.05, 0) is 11.6 Å². The maximum absolute atomic E-state index is 12.3. The minimum atomic E-state index is -0.166. The predicted molar refractivity (Wildman–Crippen MR) is 83.1 cm³/mol. The molecule has 0 aliphatic rings. The van der Waals surface area contributed by atoms with Crippen molar-refractivity contribution in [3.8, 4) is 0 Å². The first-order valence-corrected chi connectivity index (χ1v) is 7.35. The molecule has 0 saturated carbocycles. The maximum atomic E-state index is 12.3. The number of amides is 1. The van der Waals surface area contributed by atoms with E-state index in [0.29, 0.717) is 17.2 Å². The minimum absolute atomic E-state index is 0.0192. The quantitative estimate of drug-likeness (QED) is 0.912. The molecule has 4 nitrogen and oxygen atoms in total. The molecule has 106 valence electrons. The number of aromatic nitrogens is 1. The van der Waals surface area contributed by atoms with Crippen LogP contribution in [0, 0.1) is 0 Å². The van der Waals surface area contributed by atoms with Crippen LogP contribution in [0.4, 0.5) is 5.13 Å². The van der Waals surface area contributed by atoms with Crippen LogP contribution in [0.1, 0.15) is 42.4 Å². The monoisotopic (exact) mass is 289 g/mol. The number of benzene rings is 1. The zero-order valence-electron chi connectivity index (χ0n) is 11.9. The number of nitrogens with zero attached hydrogens (tertiary/aromatic N) is 1. The third kappa shape index (κ3) is 3.23. The molecule has 0 bridgehead atoms. The van der Waals surface area contributed by atoms with Gasteiger partial charge in [-0.15, -0.1) is 11.3 Å². The van der Waals surface area contributed by atoms with Gasteiger partial charge in [0.1, 0.15) is 0 Å². The van der Waals surface area contributed by atoms with Crippen molar-refractivity contribution in [2.75, 3.05) is 5.32 Å². The zero-order valence-corrected chi connectivity index (χ0v) is 12.8. The van der Waals surface area contributed by atoms with Crippen LogP contribution in [0.3, 0.4) is 0 Å². The number of rotatable bonds is 3. The van der Waals surface area contributed by atoms with Crippen molar-refractivity contribution in [1.29, 1.82) is 0 Å². The molecule has 0 saturated heterocycles. The van der Waals surface area contributed by atoms with E-state index in [2.05, 4.69) is 31.1 Å². The Balaban J connectivity index is 2.18. The highest BCUT2D eigenvalue weighted by Gasteiger charge is 2.18. The summed E-state index contributed by atoms with van der Waals surface area (Å²) in [7, 11) is 0. The van der Waals surface area contributed by atoms with Crippen LogP contribution < -0.4 is 11.1 Å². The van der Waals surface area contributed by atoms with Gasteiger partial charge in [0.05, 0.1) is 5.69 Å². The van der Waals surface area contributed by atoms with Gasteiger partial charge in [0, 0.05) is 22.9 Å². The number of hydrogen-bond donors (Lipinski definition) is 2. The molecule has 20 heavy (non-hydrogen) atoms. The number of hydrogen-bond acceptors (Lipinski definition) is 4. The molecular weight excluding hydrogens is 270 g/mol. The largest absolute Gasteiger partial charge is 0.326 e. The van der Waals surface area contributed by atoms with Gasteiger partial charge >= 0.3 is 0 Å². The molecule has 0 atom stereocenters. The summed E-state index contributed by atoms with van der Waals surface area (Å²) in [5.74, 6) is -0.166. The average molecular weight is 289 g/mol. The lowest BCUT2D eigenvalue weighted by molar-refractivity contribution is 0.102. The summed E-state index contributed by atoms with van der Waals surface area (Å²) in [5.41, 5.74) is 8.04. The Kier molecular flexibility index (Phi) is 4.20. The summed E-state index contributed by atoms with van der Waals surface area (Å²) in [6, 6.07) is 7.34. The second-order valence-electron chi connectivity index (χ2n) is 5.60. The van der Waals surface area contributed by atoms with Gasteiger partial charge in [-0.25, -0.2) is 4.98 Å². The summed E-state index contributed by atoms with van der Waals surface area (Å²) < 4.78 is 0. The Hall–Kier alpha value is -1.72. The first kappa shape index (κ1) is 14.7. The molecular formula is C15H19N3OS. The lowest BCUT2D eigenvalue weighted by Gasteiger charge is -2.14. The molecule has 0 fully saturated rings. The zero-order chi connectivity index (χ0) is 14.8.